The van der Waals surface area contributed by atoms with E-state index in [9.17, 15) is 0 Å². The number of rotatable bonds is 2. The fourth-order valence-electron chi connectivity index (χ4n) is 1.18. The quantitative estimate of drug-likeness (QED) is 0.773. The van der Waals surface area contributed by atoms with Gasteiger partial charge in [-0.05, 0) is 24.6 Å². The average molecular weight is 258 g/mol. The van der Waals surface area contributed by atoms with Crippen molar-refractivity contribution in [2.75, 3.05) is 11.1 Å². The van der Waals surface area contributed by atoms with Crippen molar-refractivity contribution in [3.63, 3.8) is 0 Å². The van der Waals surface area contributed by atoms with Crippen molar-refractivity contribution in [3.05, 3.63) is 27.7 Å². The van der Waals surface area contributed by atoms with Gasteiger partial charge in [0.15, 0.2) is 0 Å². The number of aromatic nitrogens is 3. The van der Waals surface area contributed by atoms with E-state index in [2.05, 4.69) is 20.5 Å². The predicted molar refractivity (Wildman–Crippen MR) is 65.3 cm³/mol. The summed E-state index contributed by atoms with van der Waals surface area (Å²) in [4.78, 5) is 3.90. The third-order valence-corrected chi connectivity index (χ3v) is 2.82. The lowest BCUT2D eigenvalue weighted by Gasteiger charge is -2.06. The number of nitrogens with zero attached hydrogens (tertiary/aromatic N) is 2. The third kappa shape index (κ3) is 2.20. The van der Waals surface area contributed by atoms with Crippen LogP contribution in [-0.2, 0) is 0 Å². The smallest absolute Gasteiger partial charge is 0.248 e. The van der Waals surface area contributed by atoms with E-state index in [4.69, 9.17) is 28.9 Å². The second kappa shape index (κ2) is 4.19. The van der Waals surface area contributed by atoms with Crippen LogP contribution >= 0.6 is 23.2 Å². The number of anilines is 3. The Morgan fingerprint density at radius 3 is 2.44 bits per heavy atom. The van der Waals surface area contributed by atoms with Gasteiger partial charge in [-0.15, -0.1) is 5.10 Å². The van der Waals surface area contributed by atoms with Crippen molar-refractivity contribution < 1.29 is 0 Å². The molecule has 7 heteroatoms. The number of benzene rings is 1. The number of aromatic amines is 1. The number of nitrogens with one attached hydrogen (secondary N) is 2. The van der Waals surface area contributed by atoms with E-state index < -0.39 is 0 Å². The van der Waals surface area contributed by atoms with Gasteiger partial charge in [0.1, 0.15) is 0 Å². The Morgan fingerprint density at radius 2 is 1.94 bits per heavy atom. The highest BCUT2D eigenvalue weighted by Crippen LogP contribution is 2.29. The van der Waals surface area contributed by atoms with Crippen LogP contribution in [-0.4, -0.2) is 15.2 Å². The summed E-state index contributed by atoms with van der Waals surface area (Å²) in [6.45, 7) is 1.85. The molecule has 0 spiro atoms. The molecule has 0 aliphatic carbocycles. The SMILES string of the molecule is Cc1c(Cl)cc(Nc2n[nH]c(N)n2)cc1Cl. The molecule has 1 aromatic heterocycles. The minimum Gasteiger partial charge on any atom is -0.368 e. The molecule has 0 saturated heterocycles. The Labute approximate surface area is 102 Å². The van der Waals surface area contributed by atoms with Gasteiger partial charge in [0.05, 0.1) is 0 Å². The molecule has 2 rings (SSSR count). The van der Waals surface area contributed by atoms with E-state index >= 15 is 0 Å². The van der Waals surface area contributed by atoms with Crippen LogP contribution in [0.25, 0.3) is 0 Å². The molecule has 0 aliphatic rings. The van der Waals surface area contributed by atoms with Gasteiger partial charge < -0.3 is 11.1 Å². The summed E-state index contributed by atoms with van der Waals surface area (Å²) in [7, 11) is 0. The molecule has 0 fully saturated rings. The van der Waals surface area contributed by atoms with Gasteiger partial charge in [-0.3, -0.25) is 0 Å². The van der Waals surface area contributed by atoms with Gasteiger partial charge in [0.25, 0.3) is 0 Å². The van der Waals surface area contributed by atoms with Gasteiger partial charge in [-0.2, -0.15) is 4.98 Å². The Balaban J connectivity index is 2.28. The number of hydrogen-bond acceptors (Lipinski definition) is 4. The molecule has 0 bridgehead atoms. The van der Waals surface area contributed by atoms with Crippen LogP contribution in [0.4, 0.5) is 17.6 Å². The molecule has 4 N–H and O–H groups in total. The lowest BCUT2D eigenvalue weighted by molar-refractivity contribution is 1.10. The maximum Gasteiger partial charge on any atom is 0.248 e. The Hall–Kier alpha value is -1.46. The summed E-state index contributed by atoms with van der Waals surface area (Å²) in [6.07, 6.45) is 0. The zero-order valence-corrected chi connectivity index (χ0v) is 9.89. The van der Waals surface area contributed by atoms with E-state index in [-0.39, 0.29) is 5.95 Å². The molecule has 84 valence electrons. The summed E-state index contributed by atoms with van der Waals surface area (Å²) < 4.78 is 0. The number of halogens is 2. The third-order valence-electron chi connectivity index (χ3n) is 2.04. The summed E-state index contributed by atoms with van der Waals surface area (Å²) >= 11 is 12.0. The summed E-state index contributed by atoms with van der Waals surface area (Å²) in [5, 5.41) is 10.4. The maximum atomic E-state index is 5.99. The molecule has 16 heavy (non-hydrogen) atoms. The lowest BCUT2D eigenvalue weighted by atomic mass is 10.2. The number of H-pyrrole nitrogens is 1. The minimum atomic E-state index is 0.242. The zero-order chi connectivity index (χ0) is 11.7. The van der Waals surface area contributed by atoms with E-state index in [1.54, 1.807) is 12.1 Å². The van der Waals surface area contributed by atoms with E-state index in [0.29, 0.717) is 21.7 Å². The van der Waals surface area contributed by atoms with Gasteiger partial charge in [0.2, 0.25) is 11.9 Å². The molecule has 5 nitrogen and oxygen atoms in total. The van der Waals surface area contributed by atoms with Crippen LogP contribution in [0.1, 0.15) is 5.56 Å². The van der Waals surface area contributed by atoms with Gasteiger partial charge >= 0.3 is 0 Å². The standard InChI is InChI=1S/C9H9Cl2N5/c1-4-6(10)2-5(3-7(4)11)13-9-14-8(12)15-16-9/h2-3H,1H3,(H4,12,13,14,15,16). The fourth-order valence-corrected chi connectivity index (χ4v) is 1.66. The van der Waals surface area contributed by atoms with Crippen LogP contribution < -0.4 is 11.1 Å². The monoisotopic (exact) mass is 257 g/mol. The van der Waals surface area contributed by atoms with Crippen molar-refractivity contribution in [1.82, 2.24) is 15.2 Å². The van der Waals surface area contributed by atoms with Crippen LogP contribution in [0.15, 0.2) is 12.1 Å². The number of hydrogen-bond donors (Lipinski definition) is 3. The second-order valence-corrected chi connectivity index (χ2v) is 4.05. The molecule has 0 aliphatic heterocycles. The largest absolute Gasteiger partial charge is 0.368 e. The minimum absolute atomic E-state index is 0.242. The topological polar surface area (TPSA) is 79.6 Å². The molecule has 0 saturated carbocycles. The maximum absolute atomic E-state index is 5.99. The number of nitrogens with two attached hydrogens (primary N) is 1. The Bertz CT molecular complexity index is 499. The Kier molecular flexibility index (Phi) is 2.89. The second-order valence-electron chi connectivity index (χ2n) is 3.23. The van der Waals surface area contributed by atoms with E-state index in [1.165, 1.54) is 0 Å². The summed E-state index contributed by atoms with van der Waals surface area (Å²) in [5.41, 5.74) is 6.94. The van der Waals surface area contributed by atoms with Gasteiger partial charge in [-0.1, -0.05) is 23.2 Å². The first-order valence-corrected chi connectivity index (χ1v) is 5.22. The molecule has 1 aromatic carbocycles. The molecule has 1 heterocycles. The van der Waals surface area contributed by atoms with Crippen LogP contribution in [0, 0.1) is 6.92 Å². The van der Waals surface area contributed by atoms with Crippen molar-refractivity contribution in [2.24, 2.45) is 0 Å². The first-order chi connectivity index (χ1) is 7.56. The van der Waals surface area contributed by atoms with Crippen molar-refractivity contribution in [1.29, 1.82) is 0 Å². The highest BCUT2D eigenvalue weighted by atomic mass is 35.5. The highest BCUT2D eigenvalue weighted by Gasteiger charge is 2.06. The normalized spacial score (nSPS) is 10.4. The molecular formula is C9H9Cl2N5. The lowest BCUT2D eigenvalue weighted by Crippen LogP contribution is -1.94. The number of nitrogen functional groups attached to an aromatic ring is 1. The molecular weight excluding hydrogens is 249 g/mol. The van der Waals surface area contributed by atoms with Crippen LogP contribution in [0.2, 0.25) is 10.0 Å². The fraction of sp³-hybridized carbons (Fsp3) is 0.111. The van der Waals surface area contributed by atoms with E-state index in [0.717, 1.165) is 5.56 Å². The predicted octanol–water partition coefficient (Wildman–Crippen LogP) is 2.75. The van der Waals surface area contributed by atoms with Gasteiger partial charge in [0, 0.05) is 15.7 Å². The average Bonchev–Trinajstić information content (AvgIpc) is 2.60. The van der Waals surface area contributed by atoms with Crippen molar-refractivity contribution in [2.45, 2.75) is 6.92 Å². The molecule has 0 unspecified atom stereocenters. The zero-order valence-electron chi connectivity index (χ0n) is 8.38. The van der Waals surface area contributed by atoms with Crippen LogP contribution in [0.3, 0.4) is 0 Å². The summed E-state index contributed by atoms with van der Waals surface area (Å²) in [5.74, 6) is 0.611. The van der Waals surface area contributed by atoms with Crippen molar-refractivity contribution >= 4 is 40.8 Å². The Morgan fingerprint density at radius 1 is 1.31 bits per heavy atom. The van der Waals surface area contributed by atoms with Crippen LogP contribution in [0.5, 0.6) is 0 Å². The molecule has 0 radical (unpaired) electrons. The molecule has 2 aromatic rings. The van der Waals surface area contributed by atoms with Crippen molar-refractivity contribution in [3.8, 4) is 0 Å². The summed E-state index contributed by atoms with van der Waals surface area (Å²) in [6, 6.07) is 3.49. The van der Waals surface area contributed by atoms with Gasteiger partial charge in [-0.25, -0.2) is 5.10 Å². The van der Waals surface area contributed by atoms with E-state index in [1.807, 2.05) is 6.92 Å². The molecule has 0 amide bonds. The first kappa shape index (κ1) is 11.0. The highest BCUT2D eigenvalue weighted by molar-refractivity contribution is 6.36. The first-order valence-electron chi connectivity index (χ1n) is 4.47. The molecule has 0 atom stereocenters.